The molecule has 3 rings (SSSR count). The summed E-state index contributed by atoms with van der Waals surface area (Å²) in [6, 6.07) is 17.3. The third-order valence-corrected chi connectivity index (χ3v) is 3.22. The SMILES string of the molecule is CCCCO.c1ccc2c(c1)Cc1ccccc1-2. The molecule has 0 aliphatic heterocycles. The van der Waals surface area contributed by atoms with Gasteiger partial charge in [0.25, 0.3) is 0 Å². The molecule has 0 unspecified atom stereocenters. The molecule has 1 N–H and O–H groups in total. The highest BCUT2D eigenvalue weighted by Gasteiger charge is 2.15. The van der Waals surface area contributed by atoms with Gasteiger partial charge in [0.2, 0.25) is 0 Å². The van der Waals surface area contributed by atoms with E-state index in [2.05, 4.69) is 55.5 Å². The Morgan fingerprint density at radius 3 is 1.78 bits per heavy atom. The van der Waals surface area contributed by atoms with Crippen molar-refractivity contribution in [1.29, 1.82) is 0 Å². The fraction of sp³-hybridized carbons (Fsp3) is 0.294. The Morgan fingerprint density at radius 2 is 1.39 bits per heavy atom. The van der Waals surface area contributed by atoms with Gasteiger partial charge in [-0.3, -0.25) is 0 Å². The maximum Gasteiger partial charge on any atom is 0.0430 e. The van der Waals surface area contributed by atoms with Crippen LogP contribution in [0.1, 0.15) is 30.9 Å². The maximum absolute atomic E-state index is 8.07. The molecule has 2 aromatic carbocycles. The molecule has 2 aromatic rings. The molecule has 0 heterocycles. The lowest BCUT2D eigenvalue weighted by Gasteiger charge is -1.98. The predicted octanol–water partition coefficient (Wildman–Crippen LogP) is 4.04. The molecule has 0 saturated carbocycles. The standard InChI is InChI=1S/C13H10.C4H10O/c1-3-7-12-10(5-1)9-11-6-2-4-8-13(11)12;1-2-3-4-5/h1-8H,9H2;5H,2-4H2,1H3. The third-order valence-electron chi connectivity index (χ3n) is 3.22. The lowest BCUT2D eigenvalue weighted by atomic mass is 10.1. The van der Waals surface area contributed by atoms with E-state index in [1.807, 2.05) is 0 Å². The number of hydrogen-bond donors (Lipinski definition) is 1. The minimum atomic E-state index is 0.344. The summed E-state index contributed by atoms with van der Waals surface area (Å²) in [5.74, 6) is 0. The first-order valence-corrected chi connectivity index (χ1v) is 6.64. The molecule has 0 spiro atoms. The van der Waals surface area contributed by atoms with Crippen molar-refractivity contribution in [2.24, 2.45) is 0 Å². The van der Waals surface area contributed by atoms with Gasteiger partial charge in [-0.2, -0.15) is 0 Å². The number of benzene rings is 2. The monoisotopic (exact) mass is 240 g/mol. The second-order valence-electron chi connectivity index (χ2n) is 4.57. The molecule has 0 aromatic heterocycles. The number of aliphatic hydroxyl groups excluding tert-OH is 1. The first kappa shape index (κ1) is 12.8. The summed E-state index contributed by atoms with van der Waals surface area (Å²) in [6.45, 7) is 2.40. The number of unbranched alkanes of at least 4 members (excludes halogenated alkanes) is 1. The van der Waals surface area contributed by atoms with E-state index < -0.39 is 0 Å². The van der Waals surface area contributed by atoms with Gasteiger partial charge in [0.15, 0.2) is 0 Å². The van der Waals surface area contributed by atoms with Gasteiger partial charge >= 0.3 is 0 Å². The van der Waals surface area contributed by atoms with Gasteiger partial charge in [0.05, 0.1) is 0 Å². The summed E-state index contributed by atoms with van der Waals surface area (Å²) < 4.78 is 0. The summed E-state index contributed by atoms with van der Waals surface area (Å²) in [7, 11) is 0. The molecular weight excluding hydrogens is 220 g/mol. The van der Waals surface area contributed by atoms with E-state index in [9.17, 15) is 0 Å². The van der Waals surface area contributed by atoms with Crippen LogP contribution in [0.15, 0.2) is 48.5 Å². The van der Waals surface area contributed by atoms with Gasteiger partial charge in [0.1, 0.15) is 0 Å². The fourth-order valence-corrected chi connectivity index (χ4v) is 2.24. The molecule has 1 aliphatic carbocycles. The number of aliphatic hydroxyl groups is 1. The largest absolute Gasteiger partial charge is 0.396 e. The molecule has 1 aliphatic rings. The fourth-order valence-electron chi connectivity index (χ4n) is 2.24. The van der Waals surface area contributed by atoms with Gasteiger partial charge in [0, 0.05) is 6.61 Å². The average molecular weight is 240 g/mol. The number of hydrogen-bond acceptors (Lipinski definition) is 1. The molecule has 18 heavy (non-hydrogen) atoms. The second kappa shape index (κ2) is 6.36. The van der Waals surface area contributed by atoms with E-state index in [1.165, 1.54) is 22.3 Å². The Kier molecular flexibility index (Phi) is 4.54. The number of fused-ring (bicyclic) bond motifs is 3. The molecule has 0 radical (unpaired) electrons. The van der Waals surface area contributed by atoms with E-state index in [4.69, 9.17) is 5.11 Å². The van der Waals surface area contributed by atoms with Crippen molar-refractivity contribution >= 4 is 0 Å². The van der Waals surface area contributed by atoms with Crippen LogP contribution in [0.5, 0.6) is 0 Å². The van der Waals surface area contributed by atoms with Gasteiger partial charge in [-0.15, -0.1) is 0 Å². The van der Waals surface area contributed by atoms with E-state index in [-0.39, 0.29) is 0 Å². The van der Waals surface area contributed by atoms with Crippen molar-refractivity contribution in [2.75, 3.05) is 6.61 Å². The van der Waals surface area contributed by atoms with E-state index in [1.54, 1.807) is 0 Å². The van der Waals surface area contributed by atoms with Crippen LogP contribution in [-0.2, 0) is 6.42 Å². The third kappa shape index (κ3) is 2.80. The van der Waals surface area contributed by atoms with E-state index in [0.29, 0.717) is 6.61 Å². The molecule has 94 valence electrons. The van der Waals surface area contributed by atoms with Crippen molar-refractivity contribution in [3.05, 3.63) is 59.7 Å². The molecular formula is C17H20O. The second-order valence-corrected chi connectivity index (χ2v) is 4.57. The summed E-state index contributed by atoms with van der Waals surface area (Å²) in [6.07, 6.45) is 3.14. The highest BCUT2D eigenvalue weighted by Crippen LogP contribution is 2.35. The van der Waals surface area contributed by atoms with Crippen LogP contribution in [0.2, 0.25) is 0 Å². The molecule has 0 fully saturated rings. The summed E-state index contributed by atoms with van der Waals surface area (Å²) in [5.41, 5.74) is 5.75. The van der Waals surface area contributed by atoms with Crippen LogP contribution in [0.4, 0.5) is 0 Å². The molecule has 0 amide bonds. The molecule has 0 atom stereocenters. The van der Waals surface area contributed by atoms with Crippen LogP contribution in [0.3, 0.4) is 0 Å². The number of rotatable bonds is 2. The Labute approximate surface area is 109 Å². The van der Waals surface area contributed by atoms with Gasteiger partial charge in [-0.25, -0.2) is 0 Å². The summed E-state index contributed by atoms with van der Waals surface area (Å²) in [5, 5.41) is 8.07. The molecule has 0 saturated heterocycles. The van der Waals surface area contributed by atoms with Crippen molar-refractivity contribution in [1.82, 2.24) is 0 Å². The normalized spacial score (nSPS) is 11.2. The van der Waals surface area contributed by atoms with E-state index in [0.717, 1.165) is 19.3 Å². The highest BCUT2D eigenvalue weighted by atomic mass is 16.2. The van der Waals surface area contributed by atoms with Gasteiger partial charge in [-0.1, -0.05) is 61.9 Å². The zero-order valence-corrected chi connectivity index (χ0v) is 10.9. The Morgan fingerprint density at radius 1 is 0.889 bits per heavy atom. The average Bonchev–Trinajstić information content (AvgIpc) is 2.79. The quantitative estimate of drug-likeness (QED) is 0.717. The smallest absolute Gasteiger partial charge is 0.0430 e. The minimum absolute atomic E-state index is 0.344. The maximum atomic E-state index is 8.07. The van der Waals surface area contributed by atoms with Crippen LogP contribution in [-0.4, -0.2) is 11.7 Å². The van der Waals surface area contributed by atoms with Crippen molar-refractivity contribution < 1.29 is 5.11 Å². The first-order valence-electron chi connectivity index (χ1n) is 6.64. The topological polar surface area (TPSA) is 20.2 Å². The van der Waals surface area contributed by atoms with Gasteiger partial charge < -0.3 is 5.11 Å². The van der Waals surface area contributed by atoms with Crippen molar-refractivity contribution in [3.8, 4) is 11.1 Å². The van der Waals surface area contributed by atoms with Crippen LogP contribution in [0, 0.1) is 0 Å². The molecule has 1 nitrogen and oxygen atoms in total. The Balaban J connectivity index is 0.000000209. The van der Waals surface area contributed by atoms with Crippen LogP contribution >= 0.6 is 0 Å². The molecule has 1 heteroatoms. The molecule has 0 bridgehead atoms. The predicted molar refractivity (Wildman–Crippen MR) is 76.7 cm³/mol. The Hall–Kier alpha value is -1.60. The lowest BCUT2D eigenvalue weighted by Crippen LogP contribution is -1.77. The van der Waals surface area contributed by atoms with Gasteiger partial charge in [-0.05, 0) is 35.1 Å². The summed E-state index contributed by atoms with van der Waals surface area (Å²) >= 11 is 0. The zero-order chi connectivity index (χ0) is 12.8. The van der Waals surface area contributed by atoms with E-state index >= 15 is 0 Å². The zero-order valence-electron chi connectivity index (χ0n) is 10.9. The minimum Gasteiger partial charge on any atom is -0.396 e. The van der Waals surface area contributed by atoms with Crippen LogP contribution in [0.25, 0.3) is 11.1 Å². The highest BCUT2D eigenvalue weighted by molar-refractivity contribution is 5.76. The Bertz CT molecular complexity index is 457. The van der Waals surface area contributed by atoms with Crippen molar-refractivity contribution in [2.45, 2.75) is 26.2 Å². The lowest BCUT2D eigenvalue weighted by molar-refractivity contribution is 0.287. The summed E-state index contributed by atoms with van der Waals surface area (Å²) in [4.78, 5) is 0. The van der Waals surface area contributed by atoms with Crippen LogP contribution < -0.4 is 0 Å². The first-order chi connectivity index (χ1) is 8.86. The van der Waals surface area contributed by atoms with Crippen molar-refractivity contribution in [3.63, 3.8) is 0 Å².